The first-order valence-corrected chi connectivity index (χ1v) is 7.42. The number of imidazole rings is 1. The van der Waals surface area contributed by atoms with E-state index in [-0.39, 0.29) is 12.5 Å². The highest BCUT2D eigenvalue weighted by atomic mass is 16.5. The van der Waals surface area contributed by atoms with Gasteiger partial charge in [-0.05, 0) is 36.4 Å². The maximum absolute atomic E-state index is 12.0. The Balaban J connectivity index is 1.57. The van der Waals surface area contributed by atoms with Gasteiger partial charge in [-0.15, -0.1) is 0 Å². The van der Waals surface area contributed by atoms with Gasteiger partial charge in [0.1, 0.15) is 5.82 Å². The number of para-hydroxylation sites is 2. The summed E-state index contributed by atoms with van der Waals surface area (Å²) < 4.78 is 10.7. The fourth-order valence-corrected chi connectivity index (χ4v) is 2.21. The number of aromatic amines is 1. The Morgan fingerprint density at radius 1 is 1.12 bits per heavy atom. The van der Waals surface area contributed by atoms with Crippen molar-refractivity contribution in [1.29, 1.82) is 0 Å². The lowest BCUT2D eigenvalue weighted by Gasteiger charge is -2.10. The van der Waals surface area contributed by atoms with Crippen molar-refractivity contribution in [2.24, 2.45) is 0 Å². The van der Waals surface area contributed by atoms with Crippen molar-refractivity contribution >= 4 is 11.6 Å². The zero-order chi connectivity index (χ0) is 16.8. The summed E-state index contributed by atoms with van der Waals surface area (Å²) in [6, 6.07) is 14.6. The zero-order valence-electron chi connectivity index (χ0n) is 13.2. The lowest BCUT2D eigenvalue weighted by atomic mass is 10.2. The first kappa shape index (κ1) is 15.6. The largest absolute Gasteiger partial charge is 0.493 e. The van der Waals surface area contributed by atoms with E-state index in [9.17, 15) is 4.79 Å². The smallest absolute Gasteiger partial charge is 0.262 e. The lowest BCUT2D eigenvalue weighted by Crippen LogP contribution is -2.20. The van der Waals surface area contributed by atoms with E-state index in [1.807, 2.05) is 36.4 Å². The number of carbonyl (C=O) groups is 1. The Kier molecular flexibility index (Phi) is 4.76. The van der Waals surface area contributed by atoms with Crippen LogP contribution in [-0.4, -0.2) is 29.6 Å². The van der Waals surface area contributed by atoms with Gasteiger partial charge in [0.25, 0.3) is 5.91 Å². The molecule has 0 saturated heterocycles. The van der Waals surface area contributed by atoms with E-state index >= 15 is 0 Å². The lowest BCUT2D eigenvalue weighted by molar-refractivity contribution is -0.118. The first-order chi connectivity index (χ1) is 11.8. The fraction of sp³-hybridized carbons (Fsp3) is 0.111. The molecule has 0 fully saturated rings. The summed E-state index contributed by atoms with van der Waals surface area (Å²) >= 11 is 0. The van der Waals surface area contributed by atoms with Crippen LogP contribution in [0.3, 0.4) is 0 Å². The molecule has 1 aromatic heterocycles. The van der Waals surface area contributed by atoms with E-state index in [2.05, 4.69) is 15.3 Å². The number of carbonyl (C=O) groups excluding carboxylic acids is 1. The van der Waals surface area contributed by atoms with Crippen LogP contribution in [-0.2, 0) is 4.79 Å². The number of hydrogen-bond acceptors (Lipinski definition) is 4. The van der Waals surface area contributed by atoms with Crippen molar-refractivity contribution in [3.8, 4) is 22.9 Å². The average molecular weight is 323 g/mol. The number of rotatable bonds is 6. The van der Waals surface area contributed by atoms with Gasteiger partial charge >= 0.3 is 0 Å². The van der Waals surface area contributed by atoms with E-state index < -0.39 is 0 Å². The van der Waals surface area contributed by atoms with Crippen molar-refractivity contribution in [2.75, 3.05) is 19.0 Å². The molecule has 24 heavy (non-hydrogen) atoms. The SMILES string of the molecule is COc1ccccc1OCC(=O)Nc1ccc(-c2ncc[nH]2)cc1. The number of hydrogen-bond donors (Lipinski definition) is 2. The molecule has 0 aliphatic carbocycles. The molecule has 3 rings (SSSR count). The van der Waals surface area contributed by atoms with Crippen LogP contribution in [0.5, 0.6) is 11.5 Å². The van der Waals surface area contributed by atoms with Gasteiger partial charge in [-0.1, -0.05) is 12.1 Å². The fourth-order valence-electron chi connectivity index (χ4n) is 2.21. The number of aromatic nitrogens is 2. The van der Waals surface area contributed by atoms with Crippen molar-refractivity contribution in [3.63, 3.8) is 0 Å². The highest BCUT2D eigenvalue weighted by Crippen LogP contribution is 2.25. The highest BCUT2D eigenvalue weighted by Gasteiger charge is 2.07. The molecule has 1 heterocycles. The van der Waals surface area contributed by atoms with Gasteiger partial charge in [0.05, 0.1) is 7.11 Å². The van der Waals surface area contributed by atoms with Crippen molar-refractivity contribution in [3.05, 3.63) is 60.9 Å². The Morgan fingerprint density at radius 2 is 1.88 bits per heavy atom. The maximum Gasteiger partial charge on any atom is 0.262 e. The van der Waals surface area contributed by atoms with Crippen molar-refractivity contribution in [1.82, 2.24) is 9.97 Å². The third kappa shape index (κ3) is 3.73. The van der Waals surface area contributed by atoms with E-state index in [1.54, 1.807) is 31.6 Å². The van der Waals surface area contributed by atoms with Crippen LogP contribution in [0.15, 0.2) is 60.9 Å². The second-order valence-electron chi connectivity index (χ2n) is 5.00. The summed E-state index contributed by atoms with van der Waals surface area (Å²) in [5.74, 6) is 1.66. The molecule has 0 aliphatic rings. The molecule has 0 spiro atoms. The molecule has 0 aliphatic heterocycles. The van der Waals surface area contributed by atoms with Crippen LogP contribution in [0.1, 0.15) is 0 Å². The van der Waals surface area contributed by atoms with Gasteiger partial charge < -0.3 is 19.8 Å². The van der Waals surface area contributed by atoms with Crippen LogP contribution in [0, 0.1) is 0 Å². The van der Waals surface area contributed by atoms with Gasteiger partial charge in [-0.3, -0.25) is 4.79 Å². The van der Waals surface area contributed by atoms with E-state index in [0.717, 1.165) is 11.4 Å². The number of nitrogens with one attached hydrogen (secondary N) is 2. The Morgan fingerprint density at radius 3 is 2.54 bits per heavy atom. The third-order valence-electron chi connectivity index (χ3n) is 3.37. The molecule has 1 amide bonds. The van der Waals surface area contributed by atoms with Gasteiger partial charge in [0.2, 0.25) is 0 Å². The summed E-state index contributed by atoms with van der Waals surface area (Å²) in [5, 5.41) is 2.79. The normalized spacial score (nSPS) is 10.2. The Labute approximate surface area is 139 Å². The number of amides is 1. The second-order valence-corrected chi connectivity index (χ2v) is 5.00. The third-order valence-corrected chi connectivity index (χ3v) is 3.37. The summed E-state index contributed by atoms with van der Waals surface area (Å²) in [5.41, 5.74) is 1.64. The molecule has 122 valence electrons. The second kappa shape index (κ2) is 7.32. The standard InChI is InChI=1S/C18H17N3O3/c1-23-15-4-2-3-5-16(15)24-12-17(22)21-14-8-6-13(7-9-14)18-19-10-11-20-18/h2-11H,12H2,1H3,(H,19,20)(H,21,22). The average Bonchev–Trinajstić information content (AvgIpc) is 3.15. The molecule has 2 N–H and O–H groups in total. The molecule has 0 radical (unpaired) electrons. The molecule has 6 nitrogen and oxygen atoms in total. The predicted octanol–water partition coefficient (Wildman–Crippen LogP) is 3.10. The van der Waals surface area contributed by atoms with E-state index in [0.29, 0.717) is 17.2 Å². The molecular weight excluding hydrogens is 306 g/mol. The number of benzene rings is 2. The summed E-state index contributed by atoms with van der Waals surface area (Å²) in [6.07, 6.45) is 3.46. The molecule has 0 bridgehead atoms. The van der Waals surface area contributed by atoms with Crippen LogP contribution in [0.2, 0.25) is 0 Å². The van der Waals surface area contributed by atoms with Gasteiger partial charge in [0.15, 0.2) is 18.1 Å². The Bertz CT molecular complexity index is 799. The molecule has 0 atom stereocenters. The first-order valence-electron chi connectivity index (χ1n) is 7.42. The van der Waals surface area contributed by atoms with E-state index in [4.69, 9.17) is 9.47 Å². The number of methoxy groups -OCH3 is 1. The zero-order valence-corrected chi connectivity index (χ0v) is 13.2. The quantitative estimate of drug-likeness (QED) is 0.731. The molecule has 0 saturated carbocycles. The molecule has 3 aromatic rings. The molecule has 0 unspecified atom stereocenters. The van der Waals surface area contributed by atoms with Crippen LogP contribution in [0.25, 0.3) is 11.4 Å². The van der Waals surface area contributed by atoms with E-state index in [1.165, 1.54) is 0 Å². The molecule has 2 aromatic carbocycles. The number of H-pyrrole nitrogens is 1. The minimum Gasteiger partial charge on any atom is -0.493 e. The molecule has 6 heteroatoms. The molecular formula is C18H17N3O3. The van der Waals surface area contributed by atoms with Gasteiger partial charge in [-0.25, -0.2) is 4.98 Å². The van der Waals surface area contributed by atoms with Crippen LogP contribution < -0.4 is 14.8 Å². The number of ether oxygens (including phenoxy) is 2. The Hall–Kier alpha value is -3.28. The topological polar surface area (TPSA) is 76.2 Å². The number of nitrogens with zero attached hydrogens (tertiary/aromatic N) is 1. The van der Waals surface area contributed by atoms with Crippen molar-refractivity contribution in [2.45, 2.75) is 0 Å². The van der Waals surface area contributed by atoms with Gasteiger partial charge in [0, 0.05) is 23.6 Å². The van der Waals surface area contributed by atoms with Gasteiger partial charge in [-0.2, -0.15) is 0 Å². The minimum atomic E-state index is -0.244. The van der Waals surface area contributed by atoms with Crippen LogP contribution >= 0.6 is 0 Å². The highest BCUT2D eigenvalue weighted by molar-refractivity contribution is 5.92. The number of anilines is 1. The van der Waals surface area contributed by atoms with Crippen LogP contribution in [0.4, 0.5) is 5.69 Å². The predicted molar refractivity (Wildman–Crippen MR) is 91.1 cm³/mol. The summed E-state index contributed by atoms with van der Waals surface area (Å²) in [4.78, 5) is 19.2. The summed E-state index contributed by atoms with van der Waals surface area (Å²) in [7, 11) is 1.56. The minimum absolute atomic E-state index is 0.0969. The summed E-state index contributed by atoms with van der Waals surface area (Å²) in [6.45, 7) is -0.0969. The maximum atomic E-state index is 12.0. The monoisotopic (exact) mass is 323 g/mol. The van der Waals surface area contributed by atoms with Crippen molar-refractivity contribution < 1.29 is 14.3 Å².